The van der Waals surface area contributed by atoms with Crippen LogP contribution in [0.25, 0.3) is 0 Å². The monoisotopic (exact) mass is 89.0 g/mol. The molecule has 0 aliphatic heterocycles. The highest BCUT2D eigenvalue weighted by Crippen LogP contribution is 1.87. The van der Waals surface area contributed by atoms with Crippen LogP contribution in [-0.2, 0) is 0 Å². The summed E-state index contributed by atoms with van der Waals surface area (Å²) in [6.07, 6.45) is 0. The molecule has 0 heterocycles. The molecule has 1 heteroatoms. The van der Waals surface area contributed by atoms with Gasteiger partial charge in [-0.1, -0.05) is 17.2 Å². The average Bonchev–Trinajstić information content (AvgIpc) is 1.38. The van der Waals surface area contributed by atoms with Crippen LogP contribution in [0.1, 0.15) is 6.92 Å². The van der Waals surface area contributed by atoms with Crippen molar-refractivity contribution in [2.45, 2.75) is 6.92 Å². The summed E-state index contributed by atoms with van der Waals surface area (Å²) in [4.78, 5) is 0. The second-order valence-electron chi connectivity index (χ2n) is 0.955. The van der Waals surface area contributed by atoms with E-state index in [-0.39, 0.29) is 0 Å². The molecule has 0 bridgehead atoms. The van der Waals surface area contributed by atoms with Crippen LogP contribution in [-0.4, -0.2) is 0 Å². The number of allylic oxidation sites excluding steroid dienone is 1. The van der Waals surface area contributed by atoms with Crippen LogP contribution < -0.4 is 0 Å². The molecular formula is C4H6Cl. The summed E-state index contributed by atoms with van der Waals surface area (Å²) in [5.41, 5.74) is 2.34. The molecule has 0 aromatic heterocycles. The summed E-state index contributed by atoms with van der Waals surface area (Å²) in [5.74, 6) is 0. The van der Waals surface area contributed by atoms with Gasteiger partial charge in [0.1, 0.15) is 0 Å². The summed E-state index contributed by atoms with van der Waals surface area (Å²) in [7, 11) is 0. The zero-order chi connectivity index (χ0) is 4.28. The van der Waals surface area contributed by atoms with Crippen LogP contribution in [0.3, 0.4) is 0 Å². The lowest BCUT2D eigenvalue weighted by atomic mass is 10.4. The number of halogens is 1. The van der Waals surface area contributed by atoms with E-state index in [0.717, 1.165) is 5.57 Å². The van der Waals surface area contributed by atoms with Gasteiger partial charge in [-0.2, -0.15) is 0 Å². The molecule has 0 amide bonds. The lowest BCUT2D eigenvalue weighted by molar-refractivity contribution is 1.56. The lowest BCUT2D eigenvalue weighted by Crippen LogP contribution is -1.50. The van der Waals surface area contributed by atoms with Gasteiger partial charge in [0.2, 0.25) is 0 Å². The summed E-state index contributed by atoms with van der Waals surface area (Å²) in [6, 6.07) is 0. The van der Waals surface area contributed by atoms with Crippen LogP contribution in [0.2, 0.25) is 0 Å². The lowest BCUT2D eigenvalue weighted by Gasteiger charge is -1.71. The Labute approximate surface area is 37.4 Å². The molecule has 0 saturated carbocycles. The van der Waals surface area contributed by atoms with Gasteiger partial charge >= 0.3 is 0 Å². The van der Waals surface area contributed by atoms with Crippen molar-refractivity contribution in [3.05, 3.63) is 18.0 Å². The standard InChI is InChI=1S/C4H6Cl/c1-4(2)3-5/h3H,1H2,2H3/b4-3+. The molecule has 5 heavy (non-hydrogen) atoms. The molecule has 0 aromatic rings. The van der Waals surface area contributed by atoms with E-state index in [1.807, 2.05) is 6.92 Å². The predicted octanol–water partition coefficient (Wildman–Crippen LogP) is 1.96. The Hall–Kier alpha value is 0.0300. The predicted molar refractivity (Wildman–Crippen MR) is 25.0 cm³/mol. The van der Waals surface area contributed by atoms with Crippen molar-refractivity contribution in [1.82, 2.24) is 0 Å². The van der Waals surface area contributed by atoms with Gasteiger partial charge < -0.3 is 0 Å². The number of rotatable bonds is 0. The Balaban J connectivity index is 3.14. The minimum Gasteiger partial charge on any atom is -0.0930 e. The van der Waals surface area contributed by atoms with Crippen molar-refractivity contribution in [2.75, 3.05) is 0 Å². The topological polar surface area (TPSA) is 0 Å². The molecule has 0 saturated heterocycles. The van der Waals surface area contributed by atoms with E-state index in [2.05, 4.69) is 6.92 Å². The van der Waals surface area contributed by atoms with Crippen LogP contribution >= 0.6 is 11.6 Å². The van der Waals surface area contributed by atoms with Gasteiger partial charge in [0.25, 0.3) is 0 Å². The first kappa shape index (κ1) is 5.03. The highest BCUT2D eigenvalue weighted by Gasteiger charge is 1.63. The normalized spacial score (nSPS) is 12.2. The molecule has 0 unspecified atom stereocenters. The van der Waals surface area contributed by atoms with Gasteiger partial charge in [-0.15, -0.1) is 0 Å². The van der Waals surface area contributed by atoms with Crippen molar-refractivity contribution in [3.63, 3.8) is 0 Å². The fourth-order valence-corrected chi connectivity index (χ4v) is 0. The van der Waals surface area contributed by atoms with Crippen molar-refractivity contribution in [2.24, 2.45) is 0 Å². The fraction of sp³-hybridized carbons (Fsp3) is 0.250. The van der Waals surface area contributed by atoms with Crippen LogP contribution in [0.4, 0.5) is 0 Å². The summed E-state index contributed by atoms with van der Waals surface area (Å²) in [6.45, 7) is 5.33. The average molecular weight is 89.5 g/mol. The smallest absolute Gasteiger partial charge is 0.00318 e. The second kappa shape index (κ2) is 2.28. The van der Waals surface area contributed by atoms with Gasteiger partial charge in [0.05, 0.1) is 0 Å². The number of hydrogen-bond donors (Lipinski definition) is 0. The maximum Gasteiger partial charge on any atom is 0.00318 e. The molecule has 0 atom stereocenters. The van der Waals surface area contributed by atoms with Crippen LogP contribution in [0, 0.1) is 6.92 Å². The highest BCUT2D eigenvalue weighted by molar-refractivity contribution is 6.25. The fourth-order valence-electron chi connectivity index (χ4n) is 0. The van der Waals surface area contributed by atoms with E-state index >= 15 is 0 Å². The van der Waals surface area contributed by atoms with Crippen molar-refractivity contribution in [3.8, 4) is 0 Å². The van der Waals surface area contributed by atoms with E-state index in [1.54, 1.807) is 0 Å². The largest absolute Gasteiger partial charge is 0.0930 e. The highest BCUT2D eigenvalue weighted by atomic mass is 35.5. The molecule has 0 aliphatic carbocycles. The third kappa shape index (κ3) is 4.03. The van der Waals surface area contributed by atoms with Gasteiger partial charge in [-0.3, -0.25) is 0 Å². The molecule has 0 N–H and O–H groups in total. The third-order valence-corrected chi connectivity index (χ3v) is 0.559. The molecular weight excluding hydrogens is 83.5 g/mol. The van der Waals surface area contributed by atoms with E-state index < -0.39 is 0 Å². The zero-order valence-electron chi connectivity index (χ0n) is 3.16. The first-order valence-corrected chi connectivity index (χ1v) is 1.80. The molecule has 1 radical (unpaired) electrons. The van der Waals surface area contributed by atoms with Crippen molar-refractivity contribution >= 4 is 11.6 Å². The van der Waals surface area contributed by atoms with Crippen LogP contribution in [0.5, 0.6) is 0 Å². The van der Waals surface area contributed by atoms with Crippen molar-refractivity contribution < 1.29 is 0 Å². The van der Waals surface area contributed by atoms with E-state index in [9.17, 15) is 0 Å². The van der Waals surface area contributed by atoms with Gasteiger partial charge in [-0.25, -0.2) is 0 Å². The molecule has 0 aromatic carbocycles. The summed E-state index contributed by atoms with van der Waals surface area (Å²) < 4.78 is 0. The Morgan fingerprint density at radius 2 is 2.20 bits per heavy atom. The minimum absolute atomic E-state index is 0.895. The maximum atomic E-state index is 5.11. The third-order valence-electron chi connectivity index (χ3n) is 0.186. The maximum absolute atomic E-state index is 5.11. The van der Waals surface area contributed by atoms with E-state index in [1.165, 1.54) is 5.54 Å². The Morgan fingerprint density at radius 1 is 2.00 bits per heavy atom. The van der Waals surface area contributed by atoms with Crippen LogP contribution in [0.15, 0.2) is 11.1 Å². The van der Waals surface area contributed by atoms with E-state index in [0.29, 0.717) is 0 Å². The molecule has 0 rings (SSSR count). The second-order valence-corrected chi connectivity index (χ2v) is 1.17. The molecule has 0 spiro atoms. The first-order valence-electron chi connectivity index (χ1n) is 1.36. The van der Waals surface area contributed by atoms with Gasteiger partial charge in [0, 0.05) is 5.54 Å². The van der Waals surface area contributed by atoms with Gasteiger partial charge in [0.15, 0.2) is 0 Å². The molecule has 0 aliphatic rings. The molecule has 0 nitrogen and oxygen atoms in total. The quantitative estimate of drug-likeness (QED) is 0.426. The van der Waals surface area contributed by atoms with E-state index in [4.69, 9.17) is 11.6 Å². The SMILES string of the molecule is [CH2]/C(C)=C\Cl. The Kier molecular flexibility index (Phi) is 2.29. The molecule has 29 valence electrons. The molecule has 0 fully saturated rings. The zero-order valence-corrected chi connectivity index (χ0v) is 3.92. The van der Waals surface area contributed by atoms with Gasteiger partial charge in [-0.05, 0) is 13.8 Å². The minimum atomic E-state index is 0.895. The first-order chi connectivity index (χ1) is 2.27. The van der Waals surface area contributed by atoms with Crippen molar-refractivity contribution in [1.29, 1.82) is 0 Å². The summed E-state index contributed by atoms with van der Waals surface area (Å²) in [5, 5.41) is 0. The Morgan fingerprint density at radius 3 is 2.20 bits per heavy atom. The summed E-state index contributed by atoms with van der Waals surface area (Å²) >= 11 is 5.11. The Bertz CT molecular complexity index is 41.6. The number of hydrogen-bond acceptors (Lipinski definition) is 0.